The molecule has 0 N–H and O–H groups in total. The molecule has 1 aromatic rings. The van der Waals surface area contributed by atoms with Gasteiger partial charge in [-0.3, -0.25) is 4.79 Å². The molecule has 0 fully saturated rings. The molecule has 130 valence electrons. The third-order valence-corrected chi connectivity index (χ3v) is 5.29. The van der Waals surface area contributed by atoms with Crippen molar-refractivity contribution in [2.45, 2.75) is 31.1 Å². The Balaban J connectivity index is 2.78. The molecule has 0 spiro atoms. The summed E-state index contributed by atoms with van der Waals surface area (Å²) in [7, 11) is 1.07. The number of amides is 1. The highest BCUT2D eigenvalue weighted by Gasteiger charge is 2.20. The van der Waals surface area contributed by atoms with Gasteiger partial charge in [-0.2, -0.15) is 0 Å². The molecule has 23 heavy (non-hydrogen) atoms. The highest BCUT2D eigenvalue weighted by atomic mass is 32.2. The standard InChI is InChI=1S/C16H25NO5S/c1-5-6-10-17(2)16(18)9-11-23(19,20)13-7-8-14(21-3)15(12-13)22-4/h7-8,12H,5-6,9-11H2,1-4H3. The van der Waals surface area contributed by atoms with Crippen LogP contribution in [-0.2, 0) is 14.6 Å². The Bertz CT molecular complexity index is 627. The number of rotatable bonds is 9. The van der Waals surface area contributed by atoms with E-state index >= 15 is 0 Å². The summed E-state index contributed by atoms with van der Waals surface area (Å²) in [6.45, 7) is 2.69. The molecule has 1 rings (SSSR count). The maximum absolute atomic E-state index is 12.4. The van der Waals surface area contributed by atoms with Crippen LogP contribution in [0.3, 0.4) is 0 Å². The zero-order valence-corrected chi connectivity index (χ0v) is 15.0. The van der Waals surface area contributed by atoms with Crippen LogP contribution < -0.4 is 9.47 Å². The predicted octanol–water partition coefficient (Wildman–Crippen LogP) is 2.13. The highest BCUT2D eigenvalue weighted by Crippen LogP contribution is 2.29. The van der Waals surface area contributed by atoms with Crippen LogP contribution in [0.15, 0.2) is 23.1 Å². The molecular formula is C16H25NO5S. The zero-order chi connectivity index (χ0) is 17.5. The Hall–Kier alpha value is -1.76. The number of ether oxygens (including phenoxy) is 2. The smallest absolute Gasteiger partial charge is 0.223 e. The van der Waals surface area contributed by atoms with Crippen LogP contribution >= 0.6 is 0 Å². The number of nitrogens with zero attached hydrogens (tertiary/aromatic N) is 1. The SMILES string of the molecule is CCCCN(C)C(=O)CCS(=O)(=O)c1ccc(OC)c(OC)c1. The molecule has 0 aromatic heterocycles. The van der Waals surface area contributed by atoms with Gasteiger partial charge in [-0.1, -0.05) is 13.3 Å². The maximum Gasteiger partial charge on any atom is 0.223 e. The Morgan fingerprint density at radius 3 is 2.39 bits per heavy atom. The minimum Gasteiger partial charge on any atom is -0.493 e. The fourth-order valence-electron chi connectivity index (χ4n) is 2.06. The Morgan fingerprint density at radius 2 is 1.83 bits per heavy atom. The molecule has 0 unspecified atom stereocenters. The first-order chi connectivity index (χ1) is 10.9. The van der Waals surface area contributed by atoms with Gasteiger partial charge in [0.2, 0.25) is 5.91 Å². The molecule has 0 saturated carbocycles. The van der Waals surface area contributed by atoms with Crippen LogP contribution in [0.25, 0.3) is 0 Å². The van der Waals surface area contributed by atoms with Crippen molar-refractivity contribution in [2.75, 3.05) is 33.6 Å². The molecule has 0 heterocycles. The van der Waals surface area contributed by atoms with Crippen molar-refractivity contribution in [1.82, 2.24) is 4.90 Å². The molecule has 0 saturated heterocycles. The normalized spacial score (nSPS) is 11.1. The Labute approximate surface area is 138 Å². The lowest BCUT2D eigenvalue weighted by molar-refractivity contribution is -0.129. The van der Waals surface area contributed by atoms with Crippen molar-refractivity contribution in [3.8, 4) is 11.5 Å². The summed E-state index contributed by atoms with van der Waals surface area (Å²) >= 11 is 0. The first-order valence-corrected chi connectivity index (χ1v) is 9.19. The van der Waals surface area contributed by atoms with Crippen molar-refractivity contribution in [2.24, 2.45) is 0 Å². The summed E-state index contributed by atoms with van der Waals surface area (Å²) in [5.41, 5.74) is 0. The first kappa shape index (κ1) is 19.3. The first-order valence-electron chi connectivity index (χ1n) is 7.54. The summed E-state index contributed by atoms with van der Waals surface area (Å²) in [6, 6.07) is 4.42. The highest BCUT2D eigenvalue weighted by molar-refractivity contribution is 7.91. The lowest BCUT2D eigenvalue weighted by atomic mass is 10.3. The maximum atomic E-state index is 12.4. The van der Waals surface area contributed by atoms with Gasteiger partial charge >= 0.3 is 0 Å². The van der Waals surface area contributed by atoms with E-state index in [1.165, 1.54) is 26.4 Å². The van der Waals surface area contributed by atoms with Crippen LogP contribution in [0.1, 0.15) is 26.2 Å². The fourth-order valence-corrected chi connectivity index (χ4v) is 3.30. The van der Waals surface area contributed by atoms with Gasteiger partial charge in [0.25, 0.3) is 0 Å². The molecule has 0 aliphatic carbocycles. The summed E-state index contributed by atoms with van der Waals surface area (Å²) in [4.78, 5) is 13.7. The van der Waals surface area contributed by atoms with Crippen molar-refractivity contribution in [3.63, 3.8) is 0 Å². The molecule has 0 aliphatic rings. The van der Waals surface area contributed by atoms with Gasteiger partial charge in [-0.15, -0.1) is 0 Å². The number of methoxy groups -OCH3 is 2. The Morgan fingerprint density at radius 1 is 1.17 bits per heavy atom. The van der Waals surface area contributed by atoms with Crippen molar-refractivity contribution >= 4 is 15.7 Å². The second-order valence-electron chi connectivity index (χ2n) is 5.25. The minimum absolute atomic E-state index is 0.0309. The van der Waals surface area contributed by atoms with Gasteiger partial charge in [0.15, 0.2) is 21.3 Å². The molecule has 7 heteroatoms. The summed E-state index contributed by atoms with van der Waals surface area (Å²) in [5, 5.41) is 0. The average molecular weight is 343 g/mol. The second-order valence-corrected chi connectivity index (χ2v) is 7.36. The predicted molar refractivity (Wildman–Crippen MR) is 88.8 cm³/mol. The molecule has 1 amide bonds. The number of carbonyl (C=O) groups excluding carboxylic acids is 1. The average Bonchev–Trinajstić information content (AvgIpc) is 2.56. The molecule has 0 bridgehead atoms. The molecular weight excluding hydrogens is 318 g/mol. The molecule has 0 radical (unpaired) electrons. The monoisotopic (exact) mass is 343 g/mol. The zero-order valence-electron chi connectivity index (χ0n) is 14.2. The van der Waals surface area contributed by atoms with E-state index in [4.69, 9.17) is 9.47 Å². The quantitative estimate of drug-likeness (QED) is 0.687. The number of hydrogen-bond donors (Lipinski definition) is 0. The van der Waals surface area contributed by atoms with E-state index < -0.39 is 9.84 Å². The summed E-state index contributed by atoms with van der Waals surface area (Å²) in [6.07, 6.45) is 1.86. The van der Waals surface area contributed by atoms with E-state index in [1.807, 2.05) is 6.92 Å². The number of unbranched alkanes of at least 4 members (excludes halogenated alkanes) is 1. The lowest BCUT2D eigenvalue weighted by Crippen LogP contribution is -2.29. The van der Waals surface area contributed by atoms with E-state index in [9.17, 15) is 13.2 Å². The number of hydrogen-bond acceptors (Lipinski definition) is 5. The summed E-state index contributed by atoms with van der Waals surface area (Å²) < 4.78 is 35.0. The van der Waals surface area contributed by atoms with Gasteiger partial charge < -0.3 is 14.4 Å². The van der Waals surface area contributed by atoms with Gasteiger partial charge in [0.05, 0.1) is 24.9 Å². The fraction of sp³-hybridized carbons (Fsp3) is 0.562. The van der Waals surface area contributed by atoms with Gasteiger partial charge in [-0.05, 0) is 18.6 Å². The number of sulfone groups is 1. The molecule has 0 aliphatic heterocycles. The van der Waals surface area contributed by atoms with Crippen LogP contribution in [0.4, 0.5) is 0 Å². The molecule has 0 atom stereocenters. The van der Waals surface area contributed by atoms with E-state index in [0.29, 0.717) is 18.0 Å². The molecule has 6 nitrogen and oxygen atoms in total. The lowest BCUT2D eigenvalue weighted by Gasteiger charge is -2.16. The largest absolute Gasteiger partial charge is 0.493 e. The van der Waals surface area contributed by atoms with Crippen LogP contribution in [-0.4, -0.2) is 52.8 Å². The van der Waals surface area contributed by atoms with Gasteiger partial charge in [0, 0.05) is 26.1 Å². The second kappa shape index (κ2) is 8.76. The van der Waals surface area contributed by atoms with Gasteiger partial charge in [-0.25, -0.2) is 8.42 Å². The van der Waals surface area contributed by atoms with Crippen LogP contribution in [0, 0.1) is 0 Å². The van der Waals surface area contributed by atoms with E-state index in [2.05, 4.69) is 0 Å². The van der Waals surface area contributed by atoms with E-state index in [1.54, 1.807) is 18.0 Å². The number of carbonyl (C=O) groups is 1. The van der Waals surface area contributed by atoms with Crippen molar-refractivity contribution in [1.29, 1.82) is 0 Å². The van der Waals surface area contributed by atoms with E-state index in [-0.39, 0.29) is 23.0 Å². The summed E-state index contributed by atoms with van der Waals surface area (Å²) in [5.74, 6) is 0.418. The van der Waals surface area contributed by atoms with Crippen molar-refractivity contribution < 1.29 is 22.7 Å². The third-order valence-electron chi connectivity index (χ3n) is 3.57. The van der Waals surface area contributed by atoms with Crippen LogP contribution in [0.5, 0.6) is 11.5 Å². The van der Waals surface area contributed by atoms with Gasteiger partial charge in [0.1, 0.15) is 0 Å². The minimum atomic E-state index is -3.55. The third kappa shape index (κ3) is 5.42. The van der Waals surface area contributed by atoms with Crippen molar-refractivity contribution in [3.05, 3.63) is 18.2 Å². The van der Waals surface area contributed by atoms with Crippen LogP contribution in [0.2, 0.25) is 0 Å². The molecule has 1 aromatic carbocycles. The Kier molecular flexibility index (Phi) is 7.35. The topological polar surface area (TPSA) is 72.9 Å². The number of benzene rings is 1. The van der Waals surface area contributed by atoms with E-state index in [0.717, 1.165) is 12.8 Å².